The molecule has 1 heterocycles. The maximum absolute atomic E-state index is 11.9. The zero-order valence-electron chi connectivity index (χ0n) is 15.5. The van der Waals surface area contributed by atoms with E-state index >= 15 is 0 Å². The number of carbonyl (C=O) groups is 1. The van der Waals surface area contributed by atoms with Crippen LogP contribution >= 0.6 is 11.6 Å². The van der Waals surface area contributed by atoms with Crippen LogP contribution in [-0.2, 0) is 14.3 Å². The molecule has 0 aromatic heterocycles. The van der Waals surface area contributed by atoms with Gasteiger partial charge >= 0.3 is 5.97 Å². The Labute approximate surface area is 169 Å². The number of hydrogen-bond donors (Lipinski definition) is 2. The van der Waals surface area contributed by atoms with Crippen molar-refractivity contribution in [2.24, 2.45) is 11.8 Å². The fraction of sp³-hybridized carbons (Fsp3) is 0.318. The van der Waals surface area contributed by atoms with E-state index in [-0.39, 0.29) is 12.4 Å². The number of halogens is 1. The molecule has 0 radical (unpaired) electrons. The Bertz CT molecular complexity index is 850. The molecule has 0 amide bonds. The number of aromatic hydroxyl groups is 1. The van der Waals surface area contributed by atoms with Gasteiger partial charge in [0.05, 0.1) is 18.6 Å². The Morgan fingerprint density at radius 3 is 2.54 bits per heavy atom. The van der Waals surface area contributed by atoms with Gasteiger partial charge in [0.2, 0.25) is 0 Å². The quantitative estimate of drug-likeness (QED) is 0.656. The first-order chi connectivity index (χ1) is 13.5. The van der Waals surface area contributed by atoms with Crippen molar-refractivity contribution in [1.29, 1.82) is 0 Å². The van der Waals surface area contributed by atoms with Gasteiger partial charge in [-0.15, -0.1) is 0 Å². The molecule has 1 aliphatic rings. The van der Waals surface area contributed by atoms with Gasteiger partial charge < -0.3 is 19.7 Å². The van der Waals surface area contributed by atoms with E-state index in [1.807, 2.05) is 37.3 Å². The van der Waals surface area contributed by atoms with Gasteiger partial charge in [0.1, 0.15) is 5.75 Å². The zero-order chi connectivity index (χ0) is 20.1. The standard InChI is InChI=1S/C22H23ClO5/c1-2-3-8-14(21(25)26)17-13-27-22(15-9-4-6-11-18(15)23)28-20(17)16-10-5-7-12-19(16)24/h2-7,9-12,14,17,20,22,24H,8,13H2,1H3,(H,25,26)/b3-2+/t14?,17-,20+,22-/m0/s1. The Hall–Kier alpha value is -2.34. The van der Waals surface area contributed by atoms with E-state index in [0.29, 0.717) is 22.6 Å². The molecule has 0 saturated carbocycles. The first-order valence-corrected chi connectivity index (χ1v) is 9.54. The van der Waals surface area contributed by atoms with E-state index < -0.39 is 30.2 Å². The van der Waals surface area contributed by atoms with Gasteiger partial charge in [-0.05, 0) is 25.5 Å². The summed E-state index contributed by atoms with van der Waals surface area (Å²) in [6.07, 6.45) is 2.60. The van der Waals surface area contributed by atoms with E-state index in [9.17, 15) is 15.0 Å². The molecule has 2 aromatic carbocycles. The Morgan fingerprint density at radius 2 is 1.89 bits per heavy atom. The highest BCUT2D eigenvalue weighted by atomic mass is 35.5. The summed E-state index contributed by atoms with van der Waals surface area (Å²) in [5.74, 6) is -2.05. The predicted molar refractivity (Wildman–Crippen MR) is 106 cm³/mol. The SMILES string of the molecule is C/C=C/CC(C(=O)O)[C@@H]1CO[C@H](c2ccccc2Cl)O[C@@H]1c1ccccc1O. The number of phenolic OH excluding ortho intramolecular Hbond substituents is 1. The summed E-state index contributed by atoms with van der Waals surface area (Å²) in [5.41, 5.74) is 1.21. The molecule has 148 valence electrons. The Balaban J connectivity index is 1.97. The van der Waals surface area contributed by atoms with Crippen molar-refractivity contribution < 1.29 is 24.5 Å². The third-order valence-electron chi connectivity index (χ3n) is 4.96. The van der Waals surface area contributed by atoms with Crippen molar-refractivity contribution in [2.75, 3.05) is 6.61 Å². The summed E-state index contributed by atoms with van der Waals surface area (Å²) < 4.78 is 12.1. The van der Waals surface area contributed by atoms with Gasteiger partial charge in [-0.1, -0.05) is 60.2 Å². The number of allylic oxidation sites excluding steroid dienone is 2. The number of phenols is 1. The van der Waals surface area contributed by atoms with Crippen molar-refractivity contribution in [2.45, 2.75) is 25.7 Å². The van der Waals surface area contributed by atoms with Crippen molar-refractivity contribution in [3.8, 4) is 5.75 Å². The highest BCUT2D eigenvalue weighted by Crippen LogP contribution is 2.45. The smallest absolute Gasteiger partial charge is 0.307 e. The van der Waals surface area contributed by atoms with Crippen LogP contribution in [0.15, 0.2) is 60.7 Å². The number of aliphatic carboxylic acids is 1. The third-order valence-corrected chi connectivity index (χ3v) is 5.31. The normalized spacial score (nSPS) is 23.6. The Morgan fingerprint density at radius 1 is 1.21 bits per heavy atom. The number of carboxylic acids is 1. The van der Waals surface area contributed by atoms with Crippen LogP contribution in [0.3, 0.4) is 0 Å². The highest BCUT2D eigenvalue weighted by molar-refractivity contribution is 6.31. The molecule has 2 N–H and O–H groups in total. The first kappa shape index (κ1) is 20.4. The van der Waals surface area contributed by atoms with Gasteiger partial charge in [-0.3, -0.25) is 4.79 Å². The maximum atomic E-state index is 11.9. The summed E-state index contributed by atoms with van der Waals surface area (Å²) in [6.45, 7) is 2.02. The van der Waals surface area contributed by atoms with E-state index in [0.717, 1.165) is 0 Å². The lowest BCUT2D eigenvalue weighted by Gasteiger charge is -2.39. The van der Waals surface area contributed by atoms with Gasteiger partial charge in [-0.25, -0.2) is 0 Å². The Kier molecular flexibility index (Phi) is 6.73. The molecule has 0 spiro atoms. The number of para-hydroxylation sites is 1. The lowest BCUT2D eigenvalue weighted by Crippen LogP contribution is -2.38. The molecule has 0 aliphatic carbocycles. The lowest BCUT2D eigenvalue weighted by atomic mass is 9.81. The number of rotatable bonds is 6. The molecule has 6 heteroatoms. The van der Waals surface area contributed by atoms with E-state index in [2.05, 4.69) is 0 Å². The number of carboxylic acid groups (broad SMARTS) is 1. The minimum Gasteiger partial charge on any atom is -0.508 e. The average Bonchev–Trinajstić information content (AvgIpc) is 2.69. The van der Waals surface area contributed by atoms with Gasteiger partial charge in [0.25, 0.3) is 0 Å². The molecule has 0 bridgehead atoms. The average molecular weight is 403 g/mol. The lowest BCUT2D eigenvalue weighted by molar-refractivity contribution is -0.253. The molecular formula is C22H23ClO5. The minimum absolute atomic E-state index is 0.0625. The molecule has 1 aliphatic heterocycles. The minimum atomic E-state index is -0.924. The molecule has 4 atom stereocenters. The van der Waals surface area contributed by atoms with Crippen molar-refractivity contribution in [3.63, 3.8) is 0 Å². The predicted octanol–water partition coefficient (Wildman–Crippen LogP) is 5.12. The molecule has 3 rings (SSSR count). The fourth-order valence-corrected chi connectivity index (χ4v) is 3.71. The summed E-state index contributed by atoms with van der Waals surface area (Å²) in [6, 6.07) is 14.0. The molecule has 2 aromatic rings. The van der Waals surface area contributed by atoms with Crippen LogP contribution in [0.25, 0.3) is 0 Å². The van der Waals surface area contributed by atoms with E-state index in [1.54, 1.807) is 30.3 Å². The van der Waals surface area contributed by atoms with E-state index in [1.165, 1.54) is 0 Å². The summed E-state index contributed by atoms with van der Waals surface area (Å²) in [4.78, 5) is 11.9. The van der Waals surface area contributed by atoms with Crippen LogP contribution in [-0.4, -0.2) is 22.8 Å². The second-order valence-electron chi connectivity index (χ2n) is 6.72. The fourth-order valence-electron chi connectivity index (χ4n) is 3.49. The number of hydrogen-bond acceptors (Lipinski definition) is 4. The molecule has 5 nitrogen and oxygen atoms in total. The van der Waals surface area contributed by atoms with Crippen molar-refractivity contribution in [1.82, 2.24) is 0 Å². The van der Waals surface area contributed by atoms with E-state index in [4.69, 9.17) is 21.1 Å². The summed E-state index contributed by atoms with van der Waals surface area (Å²) in [5, 5.41) is 20.7. The second kappa shape index (κ2) is 9.24. The van der Waals surface area contributed by atoms with Crippen LogP contribution < -0.4 is 0 Å². The van der Waals surface area contributed by atoms with Gasteiger partial charge in [0.15, 0.2) is 6.29 Å². The second-order valence-corrected chi connectivity index (χ2v) is 7.12. The highest BCUT2D eigenvalue weighted by Gasteiger charge is 2.42. The first-order valence-electron chi connectivity index (χ1n) is 9.16. The molecular weight excluding hydrogens is 380 g/mol. The number of ether oxygens (including phenoxy) is 2. The third kappa shape index (κ3) is 4.38. The maximum Gasteiger partial charge on any atom is 0.307 e. The zero-order valence-corrected chi connectivity index (χ0v) is 16.3. The van der Waals surface area contributed by atoms with Gasteiger partial charge in [-0.2, -0.15) is 0 Å². The largest absolute Gasteiger partial charge is 0.508 e. The summed E-state index contributed by atoms with van der Waals surface area (Å²) in [7, 11) is 0. The molecule has 1 fully saturated rings. The summed E-state index contributed by atoms with van der Waals surface area (Å²) >= 11 is 6.29. The topological polar surface area (TPSA) is 76.0 Å². The van der Waals surface area contributed by atoms with Crippen LogP contribution in [0.2, 0.25) is 5.02 Å². The van der Waals surface area contributed by atoms with Crippen LogP contribution in [0.5, 0.6) is 5.75 Å². The van der Waals surface area contributed by atoms with Gasteiger partial charge in [0, 0.05) is 22.1 Å². The van der Waals surface area contributed by atoms with Crippen LogP contribution in [0.1, 0.15) is 36.9 Å². The van der Waals surface area contributed by atoms with Crippen LogP contribution in [0.4, 0.5) is 0 Å². The molecule has 1 unspecified atom stereocenters. The molecule has 28 heavy (non-hydrogen) atoms. The van der Waals surface area contributed by atoms with Crippen LogP contribution in [0, 0.1) is 11.8 Å². The van der Waals surface area contributed by atoms with Crippen molar-refractivity contribution >= 4 is 17.6 Å². The van der Waals surface area contributed by atoms with Crippen molar-refractivity contribution in [3.05, 3.63) is 76.8 Å². The monoisotopic (exact) mass is 402 g/mol. The number of benzene rings is 2. The molecule has 1 saturated heterocycles.